The topological polar surface area (TPSA) is 76.8 Å². The Balaban J connectivity index is 1.59. The molecule has 0 unspecified atom stereocenters. The summed E-state index contributed by atoms with van der Waals surface area (Å²) in [5, 5.41) is 19.4. The van der Waals surface area contributed by atoms with Crippen LogP contribution in [-0.2, 0) is 6.18 Å². The number of aliphatic hydroxyl groups is 1. The molecule has 2 fully saturated rings. The molecule has 9 heteroatoms. The number of carbonyl (C=O) groups excluding carboxylic acids is 1. The highest BCUT2D eigenvalue weighted by atomic mass is 19.4. The number of ether oxygens (including phenoxy) is 1. The number of nitrogens with zero attached hydrogens (tertiary/aromatic N) is 3. The fourth-order valence-electron chi connectivity index (χ4n) is 5.03. The number of hydrogen-bond donors (Lipinski definition) is 1. The molecule has 2 saturated heterocycles. The lowest BCUT2D eigenvalue weighted by Crippen LogP contribution is -2.52. The maximum absolute atomic E-state index is 13.4. The number of likely N-dealkylation sites (tertiary alicyclic amines) is 1. The maximum Gasteiger partial charge on any atom is 0.417 e. The molecule has 2 atom stereocenters. The van der Waals surface area contributed by atoms with E-state index in [9.17, 15) is 23.1 Å². The third-order valence-electron chi connectivity index (χ3n) is 6.80. The van der Waals surface area contributed by atoms with Crippen LogP contribution in [0, 0.1) is 22.7 Å². The number of rotatable bonds is 4. The third kappa shape index (κ3) is 4.11. The Hall–Kier alpha value is -3.25. The van der Waals surface area contributed by atoms with Gasteiger partial charge >= 0.3 is 6.18 Å². The summed E-state index contributed by atoms with van der Waals surface area (Å²) < 4.78 is 45.6. The number of aliphatic hydroxyl groups excluding tert-OH is 1. The van der Waals surface area contributed by atoms with Gasteiger partial charge in [-0.25, -0.2) is 0 Å². The van der Waals surface area contributed by atoms with Crippen LogP contribution in [0.2, 0.25) is 0 Å². The highest BCUT2D eigenvalue weighted by molar-refractivity contribution is 5.97. The van der Waals surface area contributed by atoms with Crippen LogP contribution >= 0.6 is 0 Å². The molecule has 6 nitrogen and oxygen atoms in total. The number of amides is 1. The minimum atomic E-state index is -4.64. The first-order valence-electron chi connectivity index (χ1n) is 10.6. The second-order valence-corrected chi connectivity index (χ2v) is 8.65. The van der Waals surface area contributed by atoms with Crippen LogP contribution in [0.3, 0.4) is 0 Å². The highest BCUT2D eigenvalue weighted by Crippen LogP contribution is 2.45. The van der Waals surface area contributed by atoms with Crippen molar-refractivity contribution < 1.29 is 27.8 Å². The predicted molar refractivity (Wildman–Crippen MR) is 115 cm³/mol. The number of fused-ring (bicyclic) bond motifs is 1. The summed E-state index contributed by atoms with van der Waals surface area (Å²) in [6, 6.07) is 12.2. The molecule has 2 heterocycles. The van der Waals surface area contributed by atoms with Crippen LogP contribution in [0.25, 0.3) is 0 Å². The first-order chi connectivity index (χ1) is 15.7. The van der Waals surface area contributed by atoms with Gasteiger partial charge in [-0.2, -0.15) is 18.4 Å². The number of nitriles is 1. The summed E-state index contributed by atoms with van der Waals surface area (Å²) in [5.41, 5.74) is -1.26. The summed E-state index contributed by atoms with van der Waals surface area (Å²) in [6.45, 7) is 1.38. The van der Waals surface area contributed by atoms with Crippen molar-refractivity contribution >= 4 is 11.6 Å². The lowest BCUT2D eigenvalue weighted by molar-refractivity contribution is -0.137. The molecule has 33 heavy (non-hydrogen) atoms. The largest absolute Gasteiger partial charge is 0.496 e. The van der Waals surface area contributed by atoms with E-state index in [0.717, 1.165) is 6.07 Å². The van der Waals surface area contributed by atoms with Gasteiger partial charge in [-0.1, -0.05) is 12.1 Å². The smallest absolute Gasteiger partial charge is 0.417 e. The zero-order valence-corrected chi connectivity index (χ0v) is 18.1. The number of piperidine rings is 1. The fraction of sp³-hybridized carbons (Fsp3) is 0.417. The van der Waals surface area contributed by atoms with E-state index in [1.54, 1.807) is 35.2 Å². The summed E-state index contributed by atoms with van der Waals surface area (Å²) in [6.07, 6.45) is -4.01. The second kappa shape index (κ2) is 8.60. The normalized spacial score (nSPS) is 22.6. The molecule has 2 aromatic rings. The molecule has 2 aliphatic heterocycles. The van der Waals surface area contributed by atoms with Gasteiger partial charge in [0.05, 0.1) is 36.5 Å². The number of carbonyl (C=O) groups is 1. The zero-order chi connectivity index (χ0) is 23.8. The Labute approximate surface area is 189 Å². The number of halogens is 3. The van der Waals surface area contributed by atoms with Gasteiger partial charge in [0.1, 0.15) is 5.75 Å². The Morgan fingerprint density at radius 2 is 2.03 bits per heavy atom. The van der Waals surface area contributed by atoms with E-state index in [-0.39, 0.29) is 18.4 Å². The molecule has 174 valence electrons. The van der Waals surface area contributed by atoms with Crippen LogP contribution in [0.4, 0.5) is 18.9 Å². The first-order valence-corrected chi connectivity index (χ1v) is 10.6. The molecule has 0 bridgehead atoms. The number of para-hydroxylation sites is 1. The lowest BCUT2D eigenvalue weighted by Gasteiger charge is -2.43. The van der Waals surface area contributed by atoms with Crippen molar-refractivity contribution in [2.75, 3.05) is 44.8 Å². The van der Waals surface area contributed by atoms with E-state index in [1.165, 1.54) is 19.2 Å². The summed E-state index contributed by atoms with van der Waals surface area (Å²) in [7, 11) is 1.50. The van der Waals surface area contributed by atoms with Gasteiger partial charge < -0.3 is 19.6 Å². The van der Waals surface area contributed by atoms with Crippen molar-refractivity contribution in [3.63, 3.8) is 0 Å². The van der Waals surface area contributed by atoms with Crippen molar-refractivity contribution in [1.29, 1.82) is 5.26 Å². The first kappa shape index (κ1) is 22.9. The zero-order valence-electron chi connectivity index (χ0n) is 18.1. The quantitative estimate of drug-likeness (QED) is 0.757. The average molecular weight is 459 g/mol. The molecule has 0 aliphatic carbocycles. The van der Waals surface area contributed by atoms with E-state index in [4.69, 9.17) is 10.00 Å². The van der Waals surface area contributed by atoms with Crippen molar-refractivity contribution in [3.8, 4) is 11.8 Å². The third-order valence-corrected chi connectivity index (χ3v) is 6.80. The van der Waals surface area contributed by atoms with Gasteiger partial charge in [-0.15, -0.1) is 0 Å². The van der Waals surface area contributed by atoms with E-state index in [0.29, 0.717) is 49.6 Å². The van der Waals surface area contributed by atoms with E-state index < -0.39 is 22.7 Å². The van der Waals surface area contributed by atoms with Gasteiger partial charge in [-0.3, -0.25) is 4.79 Å². The summed E-state index contributed by atoms with van der Waals surface area (Å²) in [4.78, 5) is 16.7. The van der Waals surface area contributed by atoms with Crippen LogP contribution in [0.1, 0.15) is 27.9 Å². The minimum absolute atomic E-state index is 0.0224. The Morgan fingerprint density at radius 3 is 2.70 bits per heavy atom. The molecule has 0 spiro atoms. The van der Waals surface area contributed by atoms with Gasteiger partial charge in [0.25, 0.3) is 5.91 Å². The molecule has 2 aromatic carbocycles. The molecule has 0 aromatic heterocycles. The van der Waals surface area contributed by atoms with Gasteiger partial charge in [0, 0.05) is 37.3 Å². The molecular weight excluding hydrogens is 435 g/mol. The van der Waals surface area contributed by atoms with Gasteiger partial charge in [-0.05, 0) is 42.7 Å². The number of hydrogen-bond acceptors (Lipinski definition) is 5. The highest BCUT2D eigenvalue weighted by Gasteiger charge is 2.50. The van der Waals surface area contributed by atoms with E-state index in [2.05, 4.69) is 0 Å². The SMILES string of the molecule is COc1ccccc1C(=O)N1CC[C@H]2CN(c3ccc(C#N)c(C(F)(F)F)c3)C[C@@]2(CO)C1. The average Bonchev–Trinajstić information content (AvgIpc) is 3.22. The lowest BCUT2D eigenvalue weighted by atomic mass is 9.74. The standard InChI is InChI=1S/C24H24F3N3O3/c1-33-21-5-3-2-4-19(21)22(32)29-9-8-17-12-30(14-23(17,13-29)15-31)18-7-6-16(11-28)20(10-18)24(25,26)27/h2-7,10,17,31H,8-9,12-15H2,1H3/t17-,23+/m0/s1. The molecular formula is C24H24F3N3O3. The van der Waals surface area contributed by atoms with Crippen LogP contribution in [0.5, 0.6) is 5.75 Å². The van der Waals surface area contributed by atoms with Crippen molar-refractivity contribution in [3.05, 3.63) is 59.2 Å². The van der Waals surface area contributed by atoms with Gasteiger partial charge in [0.15, 0.2) is 0 Å². The molecule has 0 radical (unpaired) electrons. The monoisotopic (exact) mass is 459 g/mol. The Morgan fingerprint density at radius 1 is 1.27 bits per heavy atom. The van der Waals surface area contributed by atoms with Crippen LogP contribution < -0.4 is 9.64 Å². The van der Waals surface area contributed by atoms with E-state index >= 15 is 0 Å². The molecule has 2 aliphatic rings. The predicted octanol–water partition coefficient (Wildman–Crippen LogP) is 3.55. The summed E-state index contributed by atoms with van der Waals surface area (Å²) in [5.74, 6) is 0.289. The van der Waals surface area contributed by atoms with Crippen molar-refractivity contribution in [2.45, 2.75) is 12.6 Å². The Bertz CT molecular complexity index is 1100. The molecule has 1 N–H and O–H groups in total. The summed E-state index contributed by atoms with van der Waals surface area (Å²) >= 11 is 0. The van der Waals surface area contributed by atoms with Gasteiger partial charge in [0.2, 0.25) is 0 Å². The number of methoxy groups -OCH3 is 1. The number of benzene rings is 2. The molecule has 4 rings (SSSR count). The second-order valence-electron chi connectivity index (χ2n) is 8.65. The number of anilines is 1. The fourth-order valence-corrected chi connectivity index (χ4v) is 5.03. The van der Waals surface area contributed by atoms with Crippen LogP contribution in [-0.4, -0.2) is 55.8 Å². The van der Waals surface area contributed by atoms with Crippen LogP contribution in [0.15, 0.2) is 42.5 Å². The maximum atomic E-state index is 13.4. The van der Waals surface area contributed by atoms with E-state index in [1.807, 2.05) is 4.90 Å². The van der Waals surface area contributed by atoms with Crippen molar-refractivity contribution in [2.24, 2.45) is 11.3 Å². The number of alkyl halides is 3. The molecule has 0 saturated carbocycles. The molecule has 1 amide bonds. The Kier molecular flexibility index (Phi) is 5.97. The minimum Gasteiger partial charge on any atom is -0.496 e. The van der Waals surface area contributed by atoms with Crippen molar-refractivity contribution in [1.82, 2.24) is 4.90 Å².